The Morgan fingerprint density at radius 1 is 1.59 bits per heavy atom. The fourth-order valence-corrected chi connectivity index (χ4v) is 2.73. The highest BCUT2D eigenvalue weighted by molar-refractivity contribution is 9.10. The van der Waals surface area contributed by atoms with Crippen LogP contribution in [0.2, 0.25) is 5.02 Å². The fraction of sp³-hybridized carbons (Fsp3) is 0.417. The van der Waals surface area contributed by atoms with Crippen molar-refractivity contribution in [2.75, 3.05) is 13.6 Å². The zero-order valence-corrected chi connectivity index (χ0v) is 11.9. The lowest BCUT2D eigenvalue weighted by Crippen LogP contribution is -2.36. The van der Waals surface area contributed by atoms with Gasteiger partial charge in [-0.15, -0.1) is 0 Å². The fourth-order valence-electron chi connectivity index (χ4n) is 1.91. The smallest absolute Gasteiger partial charge is 0.239 e. The average molecular weight is 318 g/mol. The monoisotopic (exact) mass is 316 g/mol. The van der Waals surface area contributed by atoms with Gasteiger partial charge in [0.1, 0.15) is 0 Å². The van der Waals surface area contributed by atoms with Gasteiger partial charge in [0.15, 0.2) is 0 Å². The first-order valence-corrected chi connectivity index (χ1v) is 6.67. The number of likely N-dealkylation sites (tertiary alicyclic amines) is 1. The summed E-state index contributed by atoms with van der Waals surface area (Å²) in [7, 11) is 1.84. The molecule has 1 fully saturated rings. The number of amides is 1. The Morgan fingerprint density at radius 2 is 2.35 bits per heavy atom. The first-order valence-electron chi connectivity index (χ1n) is 5.50. The van der Waals surface area contributed by atoms with Crippen molar-refractivity contribution < 1.29 is 4.79 Å². The Labute approximate surface area is 114 Å². The zero-order valence-electron chi connectivity index (χ0n) is 9.54. The van der Waals surface area contributed by atoms with E-state index < -0.39 is 0 Å². The first-order chi connectivity index (χ1) is 8.08. The van der Waals surface area contributed by atoms with Crippen LogP contribution in [0.1, 0.15) is 12.0 Å². The van der Waals surface area contributed by atoms with Gasteiger partial charge in [0.05, 0.1) is 6.04 Å². The van der Waals surface area contributed by atoms with Crippen LogP contribution < -0.4 is 5.32 Å². The number of hydrogen-bond acceptors (Lipinski definition) is 2. The molecule has 0 aromatic heterocycles. The largest absolute Gasteiger partial charge is 0.344 e. The summed E-state index contributed by atoms with van der Waals surface area (Å²) in [6, 6.07) is 5.62. The van der Waals surface area contributed by atoms with Crippen molar-refractivity contribution in [1.29, 1.82) is 0 Å². The summed E-state index contributed by atoms with van der Waals surface area (Å²) in [5.74, 6) is 0.176. The Bertz CT molecular complexity index is 439. The van der Waals surface area contributed by atoms with Crippen molar-refractivity contribution in [1.82, 2.24) is 10.2 Å². The summed E-state index contributed by atoms with van der Waals surface area (Å²) in [5.41, 5.74) is 1.11. The number of benzene rings is 1. The van der Waals surface area contributed by atoms with E-state index >= 15 is 0 Å². The van der Waals surface area contributed by atoms with Gasteiger partial charge in [-0.1, -0.05) is 33.6 Å². The van der Waals surface area contributed by atoms with E-state index in [1.54, 1.807) is 4.90 Å². The Hall–Kier alpha value is -0.580. The van der Waals surface area contributed by atoms with Crippen LogP contribution in [0.15, 0.2) is 22.7 Å². The van der Waals surface area contributed by atoms with Gasteiger partial charge in [0, 0.05) is 29.6 Å². The lowest BCUT2D eigenvalue weighted by molar-refractivity contribution is -0.128. The van der Waals surface area contributed by atoms with Gasteiger partial charge in [0.25, 0.3) is 0 Å². The number of likely N-dealkylation sites (N-methyl/N-ethyl adjacent to an activating group) is 1. The van der Waals surface area contributed by atoms with E-state index in [2.05, 4.69) is 21.2 Å². The molecule has 1 amide bonds. The Balaban J connectivity index is 1.96. The number of nitrogens with one attached hydrogen (secondary N) is 1. The minimum atomic E-state index is -0.0532. The van der Waals surface area contributed by atoms with E-state index in [1.807, 2.05) is 25.2 Å². The van der Waals surface area contributed by atoms with Crippen LogP contribution in [-0.2, 0) is 11.3 Å². The summed E-state index contributed by atoms with van der Waals surface area (Å²) in [6.45, 7) is 1.50. The highest BCUT2D eigenvalue weighted by atomic mass is 79.9. The van der Waals surface area contributed by atoms with Gasteiger partial charge in [-0.05, 0) is 24.1 Å². The van der Waals surface area contributed by atoms with Crippen molar-refractivity contribution in [3.8, 4) is 0 Å². The molecule has 0 spiro atoms. The van der Waals surface area contributed by atoms with E-state index in [9.17, 15) is 4.79 Å². The third-order valence-electron chi connectivity index (χ3n) is 2.98. The zero-order chi connectivity index (χ0) is 12.4. The molecule has 0 aliphatic carbocycles. The minimum Gasteiger partial charge on any atom is -0.344 e. The van der Waals surface area contributed by atoms with Crippen molar-refractivity contribution >= 4 is 33.4 Å². The SMILES string of the molecule is CN1CCC(NCc2ccc(Cl)cc2Br)C1=O. The van der Waals surface area contributed by atoms with Gasteiger partial charge in [0.2, 0.25) is 5.91 Å². The summed E-state index contributed by atoms with van der Waals surface area (Å²) in [4.78, 5) is 13.5. The van der Waals surface area contributed by atoms with Crippen LogP contribution in [0.4, 0.5) is 0 Å². The van der Waals surface area contributed by atoms with Crippen LogP contribution in [0.3, 0.4) is 0 Å². The quantitative estimate of drug-likeness (QED) is 0.928. The predicted molar refractivity (Wildman–Crippen MR) is 72.0 cm³/mol. The second-order valence-corrected chi connectivity index (χ2v) is 5.51. The predicted octanol–water partition coefficient (Wildman–Crippen LogP) is 2.42. The third kappa shape index (κ3) is 3.00. The molecule has 1 atom stereocenters. The minimum absolute atomic E-state index is 0.0532. The maximum absolute atomic E-state index is 11.7. The molecule has 5 heteroatoms. The normalized spacial score (nSPS) is 20.1. The molecule has 1 aliphatic rings. The van der Waals surface area contributed by atoms with Gasteiger partial charge >= 0.3 is 0 Å². The molecule has 1 unspecified atom stereocenters. The number of hydrogen-bond donors (Lipinski definition) is 1. The van der Waals surface area contributed by atoms with Gasteiger partial charge < -0.3 is 10.2 Å². The number of nitrogens with zero attached hydrogens (tertiary/aromatic N) is 1. The molecule has 3 nitrogen and oxygen atoms in total. The molecular formula is C12H14BrClN2O. The van der Waals surface area contributed by atoms with Gasteiger partial charge in [-0.25, -0.2) is 0 Å². The summed E-state index contributed by atoms with van der Waals surface area (Å²) >= 11 is 9.34. The van der Waals surface area contributed by atoms with E-state index in [4.69, 9.17) is 11.6 Å². The number of carbonyl (C=O) groups excluding carboxylic acids is 1. The van der Waals surface area contributed by atoms with E-state index in [1.165, 1.54) is 0 Å². The van der Waals surface area contributed by atoms with Crippen LogP contribution in [-0.4, -0.2) is 30.4 Å². The van der Waals surface area contributed by atoms with E-state index in [0.717, 1.165) is 23.0 Å². The van der Waals surface area contributed by atoms with Gasteiger partial charge in [-0.3, -0.25) is 4.79 Å². The van der Waals surface area contributed by atoms with Crippen LogP contribution in [0.5, 0.6) is 0 Å². The molecule has 1 aromatic carbocycles. The number of rotatable bonds is 3. The van der Waals surface area contributed by atoms with E-state index in [-0.39, 0.29) is 11.9 Å². The maximum atomic E-state index is 11.7. The summed E-state index contributed by atoms with van der Waals surface area (Å²) in [6.07, 6.45) is 0.876. The summed E-state index contributed by atoms with van der Waals surface area (Å²) < 4.78 is 0.969. The molecule has 2 rings (SSSR count). The highest BCUT2D eigenvalue weighted by Gasteiger charge is 2.28. The first kappa shape index (κ1) is 12.9. The second-order valence-electron chi connectivity index (χ2n) is 4.22. The molecular weight excluding hydrogens is 304 g/mol. The van der Waals surface area contributed by atoms with Crippen molar-refractivity contribution in [3.05, 3.63) is 33.3 Å². The lowest BCUT2D eigenvalue weighted by atomic mass is 10.2. The van der Waals surface area contributed by atoms with E-state index in [0.29, 0.717) is 11.6 Å². The number of carbonyl (C=O) groups is 1. The standard InChI is InChI=1S/C12H14BrClN2O/c1-16-5-4-11(12(16)17)15-7-8-2-3-9(14)6-10(8)13/h2-3,6,11,15H,4-5,7H2,1H3. The van der Waals surface area contributed by atoms with Crippen LogP contribution in [0, 0.1) is 0 Å². The van der Waals surface area contributed by atoms with Crippen LogP contribution >= 0.6 is 27.5 Å². The van der Waals surface area contributed by atoms with Gasteiger partial charge in [-0.2, -0.15) is 0 Å². The molecule has 92 valence electrons. The van der Waals surface area contributed by atoms with Crippen molar-refractivity contribution in [2.45, 2.75) is 19.0 Å². The topological polar surface area (TPSA) is 32.3 Å². The maximum Gasteiger partial charge on any atom is 0.239 e. The molecule has 0 saturated carbocycles. The lowest BCUT2D eigenvalue weighted by Gasteiger charge is -2.13. The molecule has 0 radical (unpaired) electrons. The average Bonchev–Trinajstić information content (AvgIpc) is 2.59. The van der Waals surface area contributed by atoms with Crippen molar-refractivity contribution in [3.63, 3.8) is 0 Å². The molecule has 1 saturated heterocycles. The summed E-state index contributed by atoms with van der Waals surface area (Å²) in [5, 5.41) is 3.98. The third-order valence-corrected chi connectivity index (χ3v) is 3.95. The molecule has 1 aliphatic heterocycles. The van der Waals surface area contributed by atoms with Crippen molar-refractivity contribution in [2.24, 2.45) is 0 Å². The molecule has 1 heterocycles. The molecule has 1 aromatic rings. The second kappa shape index (κ2) is 5.38. The molecule has 1 N–H and O–H groups in total. The Kier molecular flexibility index (Phi) is 4.07. The molecule has 0 bridgehead atoms. The number of halogens is 2. The molecule has 17 heavy (non-hydrogen) atoms. The Morgan fingerprint density at radius 3 is 2.94 bits per heavy atom. The van der Waals surface area contributed by atoms with Crippen LogP contribution in [0.25, 0.3) is 0 Å². The highest BCUT2D eigenvalue weighted by Crippen LogP contribution is 2.21.